The Balaban J connectivity index is 1.44. The van der Waals surface area contributed by atoms with Crippen LogP contribution in [0.25, 0.3) is 0 Å². The first kappa shape index (κ1) is 20.3. The second kappa shape index (κ2) is 9.19. The molecule has 3 rings (SSSR count). The van der Waals surface area contributed by atoms with Crippen molar-refractivity contribution < 1.29 is 17.6 Å². The van der Waals surface area contributed by atoms with E-state index in [1.807, 2.05) is 30.3 Å². The molecule has 7 heteroatoms. The summed E-state index contributed by atoms with van der Waals surface area (Å²) in [6.45, 7) is 2.14. The molecule has 0 radical (unpaired) electrons. The lowest BCUT2D eigenvalue weighted by Crippen LogP contribution is -2.50. The maximum absolute atomic E-state index is 13.0. The van der Waals surface area contributed by atoms with Gasteiger partial charge in [-0.2, -0.15) is 0 Å². The van der Waals surface area contributed by atoms with Gasteiger partial charge in [-0.3, -0.25) is 4.79 Å². The van der Waals surface area contributed by atoms with Crippen LogP contribution in [-0.2, 0) is 21.1 Å². The molecule has 0 N–H and O–H groups in total. The molecule has 1 amide bonds. The van der Waals surface area contributed by atoms with Gasteiger partial charge in [0, 0.05) is 31.9 Å². The first-order chi connectivity index (χ1) is 13.4. The van der Waals surface area contributed by atoms with Gasteiger partial charge >= 0.3 is 0 Å². The van der Waals surface area contributed by atoms with E-state index in [0.29, 0.717) is 39.0 Å². The van der Waals surface area contributed by atoms with E-state index in [1.54, 1.807) is 17.0 Å². The highest BCUT2D eigenvalue weighted by molar-refractivity contribution is 7.92. The van der Waals surface area contributed by atoms with Crippen LogP contribution in [-0.4, -0.2) is 56.9 Å². The lowest BCUT2D eigenvalue weighted by atomic mass is 10.1. The second-order valence-electron chi connectivity index (χ2n) is 7.03. The van der Waals surface area contributed by atoms with Crippen LogP contribution in [0.4, 0.5) is 10.1 Å². The Kier molecular flexibility index (Phi) is 6.67. The minimum absolute atomic E-state index is 0.0170. The Bertz CT molecular complexity index is 878. The Morgan fingerprint density at radius 1 is 0.929 bits per heavy atom. The molecule has 1 heterocycles. The van der Waals surface area contributed by atoms with Gasteiger partial charge in [-0.25, -0.2) is 12.8 Å². The van der Waals surface area contributed by atoms with Gasteiger partial charge in [-0.1, -0.05) is 30.3 Å². The maximum Gasteiger partial charge on any atom is 0.237 e. The topological polar surface area (TPSA) is 57.7 Å². The number of sulfone groups is 1. The Hall–Kier alpha value is -2.41. The van der Waals surface area contributed by atoms with Gasteiger partial charge in [0.2, 0.25) is 5.91 Å². The van der Waals surface area contributed by atoms with Crippen molar-refractivity contribution in [2.75, 3.05) is 42.6 Å². The Morgan fingerprint density at radius 2 is 1.57 bits per heavy atom. The molecule has 0 bridgehead atoms. The van der Waals surface area contributed by atoms with Crippen LogP contribution in [0.2, 0.25) is 0 Å². The van der Waals surface area contributed by atoms with E-state index in [2.05, 4.69) is 4.90 Å². The zero-order valence-electron chi connectivity index (χ0n) is 15.8. The molecule has 0 aliphatic carbocycles. The highest BCUT2D eigenvalue weighted by atomic mass is 32.2. The number of halogens is 1. The van der Waals surface area contributed by atoms with Gasteiger partial charge in [-0.15, -0.1) is 0 Å². The lowest BCUT2D eigenvalue weighted by molar-refractivity contribution is -0.128. The molecule has 1 aliphatic heterocycles. The molecule has 0 aromatic heterocycles. The molecule has 28 heavy (non-hydrogen) atoms. The van der Waals surface area contributed by atoms with Crippen molar-refractivity contribution in [2.24, 2.45) is 0 Å². The van der Waals surface area contributed by atoms with Crippen molar-refractivity contribution in [2.45, 2.75) is 12.8 Å². The molecule has 150 valence electrons. The number of benzene rings is 2. The molecule has 0 unspecified atom stereocenters. The number of carbonyl (C=O) groups is 1. The van der Waals surface area contributed by atoms with Gasteiger partial charge in [0.15, 0.2) is 9.84 Å². The summed E-state index contributed by atoms with van der Waals surface area (Å²) in [6, 6.07) is 16.0. The third-order valence-corrected chi connectivity index (χ3v) is 6.53. The molecular weight excluding hydrogens is 379 g/mol. The van der Waals surface area contributed by atoms with Gasteiger partial charge in [-0.05, 0) is 42.7 Å². The van der Waals surface area contributed by atoms with Crippen LogP contribution in [0.3, 0.4) is 0 Å². The summed E-state index contributed by atoms with van der Waals surface area (Å²) in [5.41, 5.74) is 2.00. The van der Waals surface area contributed by atoms with Crippen molar-refractivity contribution in [3.8, 4) is 0 Å². The fourth-order valence-electron chi connectivity index (χ4n) is 3.36. The van der Waals surface area contributed by atoms with E-state index in [-0.39, 0.29) is 17.5 Å². The number of carbonyl (C=O) groups excluding carboxylic acids is 1. The second-order valence-corrected chi connectivity index (χ2v) is 9.21. The van der Waals surface area contributed by atoms with E-state index in [1.165, 1.54) is 12.1 Å². The van der Waals surface area contributed by atoms with Crippen molar-refractivity contribution in [1.82, 2.24) is 4.90 Å². The average Bonchev–Trinajstić information content (AvgIpc) is 2.69. The third kappa shape index (κ3) is 5.79. The number of rotatable bonds is 7. The predicted molar refractivity (Wildman–Crippen MR) is 109 cm³/mol. The number of nitrogens with zero attached hydrogens (tertiary/aromatic N) is 2. The van der Waals surface area contributed by atoms with Crippen molar-refractivity contribution in [1.29, 1.82) is 0 Å². The normalized spacial score (nSPS) is 14.9. The van der Waals surface area contributed by atoms with Crippen molar-refractivity contribution in [3.63, 3.8) is 0 Å². The molecule has 0 saturated carbocycles. The average molecular weight is 405 g/mol. The van der Waals surface area contributed by atoms with Crippen molar-refractivity contribution >= 4 is 21.4 Å². The summed E-state index contributed by atoms with van der Waals surface area (Å²) in [6.07, 6.45) is 1.20. The highest BCUT2D eigenvalue weighted by Gasteiger charge is 2.25. The van der Waals surface area contributed by atoms with E-state index in [9.17, 15) is 17.6 Å². The quantitative estimate of drug-likeness (QED) is 0.712. The van der Waals surface area contributed by atoms with E-state index in [4.69, 9.17) is 0 Å². The first-order valence-electron chi connectivity index (χ1n) is 9.46. The number of aryl methyl sites for hydroxylation is 1. The summed E-state index contributed by atoms with van der Waals surface area (Å²) in [4.78, 5) is 16.1. The summed E-state index contributed by atoms with van der Waals surface area (Å²) < 4.78 is 37.6. The zero-order valence-corrected chi connectivity index (χ0v) is 16.6. The number of hydrogen-bond acceptors (Lipinski definition) is 4. The minimum atomic E-state index is -3.42. The summed E-state index contributed by atoms with van der Waals surface area (Å²) in [5.74, 6) is -1.03. The molecule has 1 aliphatic rings. The Morgan fingerprint density at radius 3 is 2.21 bits per heavy atom. The van der Waals surface area contributed by atoms with E-state index in [0.717, 1.165) is 11.3 Å². The largest absolute Gasteiger partial charge is 0.368 e. The molecule has 2 aromatic carbocycles. The van der Waals surface area contributed by atoms with Crippen molar-refractivity contribution in [3.05, 3.63) is 66.0 Å². The summed E-state index contributed by atoms with van der Waals surface area (Å²) in [7, 11) is -3.42. The van der Waals surface area contributed by atoms with Crippen LogP contribution in [0, 0.1) is 5.82 Å². The van der Waals surface area contributed by atoms with Gasteiger partial charge in [0.05, 0.1) is 5.75 Å². The summed E-state index contributed by atoms with van der Waals surface area (Å²) in [5, 5.41) is 0. The van der Waals surface area contributed by atoms with Gasteiger partial charge in [0.25, 0.3) is 0 Å². The van der Waals surface area contributed by atoms with Crippen LogP contribution in [0.1, 0.15) is 12.0 Å². The molecule has 0 spiro atoms. The van der Waals surface area contributed by atoms with Gasteiger partial charge in [0.1, 0.15) is 11.6 Å². The highest BCUT2D eigenvalue weighted by Crippen LogP contribution is 2.17. The molecule has 0 atom stereocenters. The Labute approximate surface area is 165 Å². The van der Waals surface area contributed by atoms with Crippen LogP contribution in [0.15, 0.2) is 54.6 Å². The number of amides is 1. The molecule has 2 aromatic rings. The van der Waals surface area contributed by atoms with Crippen LogP contribution < -0.4 is 4.90 Å². The predicted octanol–water partition coefficient (Wildman–Crippen LogP) is 2.52. The van der Waals surface area contributed by atoms with Gasteiger partial charge < -0.3 is 9.80 Å². The zero-order chi connectivity index (χ0) is 20.0. The monoisotopic (exact) mass is 404 g/mol. The first-order valence-corrected chi connectivity index (χ1v) is 11.3. The molecule has 1 fully saturated rings. The fourth-order valence-corrected chi connectivity index (χ4v) is 4.65. The van der Waals surface area contributed by atoms with Crippen LogP contribution >= 0.6 is 0 Å². The number of anilines is 1. The van der Waals surface area contributed by atoms with E-state index >= 15 is 0 Å². The SMILES string of the molecule is O=C(CS(=O)(=O)CCCc1ccccc1)N1CCN(c2ccc(F)cc2)CC1. The maximum atomic E-state index is 13.0. The van der Waals surface area contributed by atoms with Crippen LogP contribution in [0.5, 0.6) is 0 Å². The minimum Gasteiger partial charge on any atom is -0.368 e. The number of hydrogen-bond donors (Lipinski definition) is 0. The molecule has 1 saturated heterocycles. The fraction of sp³-hybridized carbons (Fsp3) is 0.381. The standard InChI is InChI=1S/C21H25FN2O3S/c22-19-8-10-20(11-9-19)23-12-14-24(15-13-23)21(25)17-28(26,27)16-4-7-18-5-2-1-3-6-18/h1-3,5-6,8-11H,4,7,12-17H2. The smallest absolute Gasteiger partial charge is 0.237 e. The summed E-state index contributed by atoms with van der Waals surface area (Å²) >= 11 is 0. The molecular formula is C21H25FN2O3S. The van der Waals surface area contributed by atoms with E-state index < -0.39 is 15.6 Å². The lowest BCUT2D eigenvalue weighted by Gasteiger charge is -2.36. The third-order valence-electron chi connectivity index (χ3n) is 4.93. The molecule has 5 nitrogen and oxygen atoms in total. The number of piperazine rings is 1.